The maximum absolute atomic E-state index is 12.5. The van der Waals surface area contributed by atoms with Crippen LogP contribution < -0.4 is 4.74 Å². The van der Waals surface area contributed by atoms with Crippen molar-refractivity contribution >= 4 is 23.6 Å². The first-order chi connectivity index (χ1) is 14.0. The van der Waals surface area contributed by atoms with E-state index in [1.165, 1.54) is 30.2 Å². The minimum atomic E-state index is -0.734. The Bertz CT molecular complexity index is 964. The number of benzene rings is 2. The zero-order valence-corrected chi connectivity index (χ0v) is 16.3. The molecule has 3 rings (SSSR count). The number of Topliss-reactive ketones (excluding diaryl/α,β-unsaturated/α-hetero) is 1. The molecule has 1 aliphatic heterocycles. The molecular formula is C22H21NO6. The third kappa shape index (κ3) is 4.18. The highest BCUT2D eigenvalue weighted by molar-refractivity contribution is 6.22. The van der Waals surface area contributed by atoms with E-state index in [9.17, 15) is 19.2 Å². The van der Waals surface area contributed by atoms with Crippen LogP contribution in [0.25, 0.3) is 0 Å². The number of unbranched alkanes of at least 4 members (excludes halogenated alkanes) is 1. The van der Waals surface area contributed by atoms with Crippen LogP contribution in [0.2, 0.25) is 0 Å². The summed E-state index contributed by atoms with van der Waals surface area (Å²) in [5.74, 6) is -1.25. The molecule has 0 saturated heterocycles. The smallest absolute Gasteiger partial charge is 0.338 e. The second-order valence-electron chi connectivity index (χ2n) is 6.60. The number of amides is 2. The topological polar surface area (TPSA) is 90.0 Å². The number of ketones is 1. The van der Waals surface area contributed by atoms with Crippen LogP contribution in [0, 0.1) is 0 Å². The third-order valence-corrected chi connectivity index (χ3v) is 4.69. The summed E-state index contributed by atoms with van der Waals surface area (Å²) >= 11 is 0. The third-order valence-electron chi connectivity index (χ3n) is 4.69. The van der Waals surface area contributed by atoms with Gasteiger partial charge in [-0.15, -0.1) is 0 Å². The van der Waals surface area contributed by atoms with Gasteiger partial charge < -0.3 is 9.47 Å². The molecule has 0 aliphatic carbocycles. The lowest BCUT2D eigenvalue weighted by Gasteiger charge is -2.12. The van der Waals surface area contributed by atoms with Crippen molar-refractivity contribution in [3.8, 4) is 5.75 Å². The summed E-state index contributed by atoms with van der Waals surface area (Å²) in [6.07, 6.45) is 1.57. The molecule has 0 saturated carbocycles. The highest BCUT2D eigenvalue weighted by Crippen LogP contribution is 2.24. The molecule has 29 heavy (non-hydrogen) atoms. The highest BCUT2D eigenvalue weighted by atomic mass is 16.5. The summed E-state index contributed by atoms with van der Waals surface area (Å²) in [5, 5.41) is 0. The van der Waals surface area contributed by atoms with Gasteiger partial charge in [-0.2, -0.15) is 0 Å². The van der Waals surface area contributed by atoms with Crippen LogP contribution in [0.3, 0.4) is 0 Å². The SMILES string of the molecule is CCCCN1C(=O)c2ccc(C(=O)OCC(=O)c3ccc(OC)cc3)cc2C1=O. The quantitative estimate of drug-likeness (QED) is 0.388. The standard InChI is InChI=1S/C22H21NO6/c1-3-4-11-23-20(25)17-10-7-15(12-18(17)21(23)26)22(27)29-13-19(24)14-5-8-16(28-2)9-6-14/h5-10,12H,3-4,11,13H2,1-2H3. The molecule has 2 amide bonds. The average Bonchev–Trinajstić information content (AvgIpc) is 2.99. The molecule has 0 radical (unpaired) electrons. The Kier molecular flexibility index (Phi) is 6.07. The van der Waals surface area contributed by atoms with Crippen molar-refractivity contribution in [1.82, 2.24) is 4.90 Å². The predicted octanol–water partition coefficient (Wildman–Crippen LogP) is 3.13. The molecule has 2 aromatic carbocycles. The Morgan fingerprint density at radius 3 is 2.24 bits per heavy atom. The second kappa shape index (κ2) is 8.68. The van der Waals surface area contributed by atoms with Crippen LogP contribution in [-0.2, 0) is 4.74 Å². The number of carbonyl (C=O) groups is 4. The van der Waals surface area contributed by atoms with Crippen LogP contribution in [0.1, 0.15) is 61.2 Å². The van der Waals surface area contributed by atoms with E-state index >= 15 is 0 Å². The Labute approximate surface area is 168 Å². The van der Waals surface area contributed by atoms with E-state index in [0.717, 1.165) is 6.42 Å². The first kappa shape index (κ1) is 20.3. The number of hydrogen-bond acceptors (Lipinski definition) is 6. The number of imide groups is 1. The molecule has 0 spiro atoms. The average molecular weight is 395 g/mol. The van der Waals surface area contributed by atoms with Gasteiger partial charge in [-0.1, -0.05) is 13.3 Å². The summed E-state index contributed by atoms with van der Waals surface area (Å²) in [5.41, 5.74) is 0.962. The van der Waals surface area contributed by atoms with Crippen LogP contribution in [0.4, 0.5) is 0 Å². The fraction of sp³-hybridized carbons (Fsp3) is 0.273. The number of carbonyl (C=O) groups excluding carboxylic acids is 4. The van der Waals surface area contributed by atoms with Crippen LogP contribution in [0.5, 0.6) is 5.75 Å². The van der Waals surface area contributed by atoms with E-state index in [1.54, 1.807) is 24.3 Å². The first-order valence-electron chi connectivity index (χ1n) is 9.31. The van der Waals surface area contributed by atoms with E-state index < -0.39 is 18.5 Å². The lowest BCUT2D eigenvalue weighted by Crippen LogP contribution is -2.30. The second-order valence-corrected chi connectivity index (χ2v) is 6.60. The number of nitrogens with zero attached hydrogens (tertiary/aromatic N) is 1. The van der Waals surface area contributed by atoms with Crippen LogP contribution >= 0.6 is 0 Å². The molecule has 1 heterocycles. The van der Waals surface area contributed by atoms with Gasteiger partial charge in [0.15, 0.2) is 12.4 Å². The number of ether oxygens (including phenoxy) is 2. The summed E-state index contributed by atoms with van der Waals surface area (Å²) in [4.78, 5) is 50.5. The van der Waals surface area contributed by atoms with E-state index in [4.69, 9.17) is 9.47 Å². The largest absolute Gasteiger partial charge is 0.497 e. The van der Waals surface area contributed by atoms with Crippen molar-refractivity contribution in [3.63, 3.8) is 0 Å². The maximum Gasteiger partial charge on any atom is 0.338 e. The number of fused-ring (bicyclic) bond motifs is 1. The molecule has 150 valence electrons. The van der Waals surface area contributed by atoms with Crippen molar-refractivity contribution in [2.24, 2.45) is 0 Å². The zero-order chi connectivity index (χ0) is 21.0. The summed E-state index contributed by atoms with van der Waals surface area (Å²) in [6.45, 7) is 1.89. The number of esters is 1. The Balaban J connectivity index is 1.67. The van der Waals surface area contributed by atoms with Gasteiger partial charge >= 0.3 is 5.97 Å². The van der Waals surface area contributed by atoms with E-state index in [0.29, 0.717) is 24.3 Å². The molecule has 2 aromatic rings. The van der Waals surface area contributed by atoms with Gasteiger partial charge in [-0.05, 0) is 48.9 Å². The first-order valence-corrected chi connectivity index (χ1v) is 9.31. The number of hydrogen-bond donors (Lipinski definition) is 0. The minimum Gasteiger partial charge on any atom is -0.497 e. The molecule has 0 N–H and O–H groups in total. The molecule has 0 unspecified atom stereocenters. The Morgan fingerprint density at radius 1 is 0.931 bits per heavy atom. The van der Waals surface area contributed by atoms with Crippen molar-refractivity contribution < 1.29 is 28.7 Å². The summed E-state index contributed by atoms with van der Waals surface area (Å²) in [7, 11) is 1.52. The van der Waals surface area contributed by atoms with Gasteiger partial charge in [0.2, 0.25) is 0 Å². The maximum atomic E-state index is 12.5. The molecule has 0 aromatic heterocycles. The lowest BCUT2D eigenvalue weighted by atomic mass is 10.1. The zero-order valence-electron chi connectivity index (χ0n) is 16.3. The normalized spacial score (nSPS) is 12.7. The molecule has 0 bridgehead atoms. The van der Waals surface area contributed by atoms with Gasteiger partial charge in [-0.25, -0.2) is 4.79 Å². The Hall–Kier alpha value is -3.48. The molecule has 0 fully saturated rings. The lowest BCUT2D eigenvalue weighted by molar-refractivity contribution is 0.0474. The molecular weight excluding hydrogens is 374 g/mol. The fourth-order valence-electron chi connectivity index (χ4n) is 3.01. The van der Waals surface area contributed by atoms with E-state index in [2.05, 4.69) is 0 Å². The van der Waals surface area contributed by atoms with Gasteiger partial charge in [-0.3, -0.25) is 19.3 Å². The van der Waals surface area contributed by atoms with Crippen molar-refractivity contribution in [3.05, 3.63) is 64.7 Å². The van der Waals surface area contributed by atoms with Crippen LogP contribution in [-0.4, -0.2) is 48.7 Å². The van der Waals surface area contributed by atoms with Crippen molar-refractivity contribution in [1.29, 1.82) is 0 Å². The predicted molar refractivity (Wildman–Crippen MR) is 104 cm³/mol. The number of methoxy groups -OCH3 is 1. The monoisotopic (exact) mass is 395 g/mol. The van der Waals surface area contributed by atoms with Gasteiger partial charge in [0.25, 0.3) is 11.8 Å². The van der Waals surface area contributed by atoms with E-state index in [-0.39, 0.29) is 28.4 Å². The fourth-order valence-corrected chi connectivity index (χ4v) is 3.01. The summed E-state index contributed by atoms with van der Waals surface area (Å²) < 4.78 is 10.1. The minimum absolute atomic E-state index is 0.116. The highest BCUT2D eigenvalue weighted by Gasteiger charge is 2.35. The summed E-state index contributed by atoms with van der Waals surface area (Å²) in [6, 6.07) is 10.7. The molecule has 7 heteroatoms. The Morgan fingerprint density at radius 2 is 1.59 bits per heavy atom. The van der Waals surface area contributed by atoms with Gasteiger partial charge in [0.1, 0.15) is 5.75 Å². The van der Waals surface area contributed by atoms with E-state index in [1.807, 2.05) is 6.92 Å². The number of rotatable bonds is 8. The van der Waals surface area contributed by atoms with Crippen molar-refractivity contribution in [2.45, 2.75) is 19.8 Å². The van der Waals surface area contributed by atoms with Gasteiger partial charge in [0.05, 0.1) is 23.8 Å². The molecule has 1 aliphatic rings. The van der Waals surface area contributed by atoms with Gasteiger partial charge in [0, 0.05) is 12.1 Å². The molecule has 7 nitrogen and oxygen atoms in total. The van der Waals surface area contributed by atoms with Crippen molar-refractivity contribution in [2.75, 3.05) is 20.3 Å². The molecule has 0 atom stereocenters. The van der Waals surface area contributed by atoms with Crippen LogP contribution in [0.15, 0.2) is 42.5 Å².